The Morgan fingerprint density at radius 1 is 1.33 bits per heavy atom. The molecule has 2 rings (SSSR count). The number of hydrogen-bond acceptors (Lipinski definition) is 2. The molecule has 1 saturated heterocycles. The minimum Gasteiger partial charge on any atom is -0.366 e. The van der Waals surface area contributed by atoms with Gasteiger partial charge in [0.2, 0.25) is 0 Å². The first kappa shape index (κ1) is 10.5. The molecule has 2 heteroatoms. The summed E-state index contributed by atoms with van der Waals surface area (Å²) in [6.07, 6.45) is 0. The quantitative estimate of drug-likeness (QED) is 0.753. The normalized spacial score (nSPS) is 21.8. The van der Waals surface area contributed by atoms with E-state index in [0.29, 0.717) is 6.04 Å². The molecule has 2 nitrogen and oxygen atoms in total. The number of nitrogens with one attached hydrogen (secondary N) is 1. The maximum Gasteiger partial charge on any atom is 0.0401 e. The van der Waals surface area contributed by atoms with E-state index in [0.717, 1.165) is 19.6 Å². The van der Waals surface area contributed by atoms with E-state index in [2.05, 4.69) is 49.2 Å². The SMILES string of the molecule is Cc1cccc(N2CCNCC2C)c1C. The molecule has 1 N–H and O–H groups in total. The maximum absolute atomic E-state index is 3.43. The van der Waals surface area contributed by atoms with Crippen LogP contribution in [0.1, 0.15) is 18.1 Å². The average Bonchev–Trinajstić information content (AvgIpc) is 2.23. The van der Waals surface area contributed by atoms with E-state index < -0.39 is 0 Å². The second kappa shape index (κ2) is 4.23. The first-order chi connectivity index (χ1) is 7.20. The van der Waals surface area contributed by atoms with Gasteiger partial charge >= 0.3 is 0 Å². The van der Waals surface area contributed by atoms with E-state index in [9.17, 15) is 0 Å². The molecule has 0 aliphatic carbocycles. The molecule has 0 bridgehead atoms. The van der Waals surface area contributed by atoms with Crippen LogP contribution >= 0.6 is 0 Å². The topological polar surface area (TPSA) is 15.3 Å². The summed E-state index contributed by atoms with van der Waals surface area (Å²) in [4.78, 5) is 2.51. The second-order valence-corrected chi connectivity index (χ2v) is 4.47. The van der Waals surface area contributed by atoms with Crippen molar-refractivity contribution >= 4 is 5.69 Å². The van der Waals surface area contributed by atoms with E-state index >= 15 is 0 Å². The van der Waals surface area contributed by atoms with Crippen molar-refractivity contribution in [1.29, 1.82) is 0 Å². The molecule has 1 aromatic rings. The number of aryl methyl sites for hydroxylation is 1. The molecule has 1 fully saturated rings. The largest absolute Gasteiger partial charge is 0.366 e. The summed E-state index contributed by atoms with van der Waals surface area (Å²) in [7, 11) is 0. The van der Waals surface area contributed by atoms with Crippen molar-refractivity contribution in [3.05, 3.63) is 29.3 Å². The van der Waals surface area contributed by atoms with Crippen LogP contribution in [0.4, 0.5) is 5.69 Å². The van der Waals surface area contributed by atoms with Crippen molar-refractivity contribution in [2.75, 3.05) is 24.5 Å². The van der Waals surface area contributed by atoms with Crippen LogP contribution in [0.25, 0.3) is 0 Å². The van der Waals surface area contributed by atoms with Crippen molar-refractivity contribution in [2.45, 2.75) is 26.8 Å². The van der Waals surface area contributed by atoms with Crippen molar-refractivity contribution < 1.29 is 0 Å². The molecule has 1 aliphatic heterocycles. The van der Waals surface area contributed by atoms with Gasteiger partial charge in [-0.3, -0.25) is 0 Å². The van der Waals surface area contributed by atoms with Gasteiger partial charge in [0, 0.05) is 31.4 Å². The number of hydrogen-bond donors (Lipinski definition) is 1. The molecule has 1 heterocycles. The third-order valence-electron chi connectivity index (χ3n) is 3.39. The Morgan fingerprint density at radius 3 is 2.87 bits per heavy atom. The Bertz CT molecular complexity index is 346. The molecule has 1 unspecified atom stereocenters. The fourth-order valence-corrected chi connectivity index (χ4v) is 2.25. The van der Waals surface area contributed by atoms with E-state index in [1.165, 1.54) is 16.8 Å². The van der Waals surface area contributed by atoms with Gasteiger partial charge in [0.05, 0.1) is 0 Å². The van der Waals surface area contributed by atoms with Gasteiger partial charge in [-0.2, -0.15) is 0 Å². The van der Waals surface area contributed by atoms with Crippen molar-refractivity contribution in [3.63, 3.8) is 0 Å². The summed E-state index contributed by atoms with van der Waals surface area (Å²) in [5.41, 5.74) is 4.22. The molecule has 1 aliphatic rings. The van der Waals surface area contributed by atoms with E-state index in [1.54, 1.807) is 0 Å². The highest BCUT2D eigenvalue weighted by Gasteiger charge is 2.19. The molecule has 0 radical (unpaired) electrons. The van der Waals surface area contributed by atoms with Gasteiger partial charge in [-0.25, -0.2) is 0 Å². The lowest BCUT2D eigenvalue weighted by atomic mass is 10.1. The van der Waals surface area contributed by atoms with Gasteiger partial charge in [0.25, 0.3) is 0 Å². The smallest absolute Gasteiger partial charge is 0.0401 e. The highest BCUT2D eigenvalue weighted by atomic mass is 15.2. The van der Waals surface area contributed by atoms with Gasteiger partial charge in [-0.05, 0) is 38.0 Å². The predicted octanol–water partition coefficient (Wildman–Crippen LogP) is 2.10. The van der Waals surface area contributed by atoms with E-state index in [-0.39, 0.29) is 0 Å². The summed E-state index contributed by atoms with van der Waals surface area (Å²) >= 11 is 0. The Kier molecular flexibility index (Phi) is 2.96. The molecule has 0 saturated carbocycles. The fourth-order valence-electron chi connectivity index (χ4n) is 2.25. The van der Waals surface area contributed by atoms with Crippen LogP contribution < -0.4 is 10.2 Å². The monoisotopic (exact) mass is 204 g/mol. The number of nitrogens with zero attached hydrogens (tertiary/aromatic N) is 1. The molecule has 1 atom stereocenters. The summed E-state index contributed by atoms with van der Waals surface area (Å²) in [6, 6.07) is 7.18. The number of piperazine rings is 1. The summed E-state index contributed by atoms with van der Waals surface area (Å²) in [6.45, 7) is 10.00. The van der Waals surface area contributed by atoms with Crippen molar-refractivity contribution in [1.82, 2.24) is 5.32 Å². The Labute approximate surface area is 92.3 Å². The van der Waals surface area contributed by atoms with Crippen molar-refractivity contribution in [3.8, 4) is 0 Å². The van der Waals surface area contributed by atoms with Crippen LogP contribution in [0.15, 0.2) is 18.2 Å². The van der Waals surface area contributed by atoms with Crippen LogP contribution in [0.2, 0.25) is 0 Å². The molecular weight excluding hydrogens is 184 g/mol. The summed E-state index contributed by atoms with van der Waals surface area (Å²) in [5, 5.41) is 3.43. The van der Waals surface area contributed by atoms with Crippen LogP contribution in [-0.2, 0) is 0 Å². The third kappa shape index (κ3) is 2.00. The Balaban J connectivity index is 2.31. The highest BCUT2D eigenvalue weighted by Crippen LogP contribution is 2.24. The number of rotatable bonds is 1. The second-order valence-electron chi connectivity index (χ2n) is 4.47. The minimum absolute atomic E-state index is 0.597. The summed E-state index contributed by atoms with van der Waals surface area (Å²) < 4.78 is 0. The fraction of sp³-hybridized carbons (Fsp3) is 0.538. The number of benzene rings is 1. The lowest BCUT2D eigenvalue weighted by molar-refractivity contribution is 0.500. The molecule has 0 aromatic heterocycles. The Morgan fingerprint density at radius 2 is 2.13 bits per heavy atom. The van der Waals surface area contributed by atoms with Crippen molar-refractivity contribution in [2.24, 2.45) is 0 Å². The third-order valence-corrected chi connectivity index (χ3v) is 3.39. The van der Waals surface area contributed by atoms with Gasteiger partial charge in [0.15, 0.2) is 0 Å². The first-order valence-corrected chi connectivity index (χ1v) is 5.73. The molecule has 0 amide bonds. The zero-order valence-electron chi connectivity index (χ0n) is 9.88. The number of anilines is 1. The molecule has 0 spiro atoms. The molecule has 82 valence electrons. The molecule has 15 heavy (non-hydrogen) atoms. The molecule has 1 aromatic carbocycles. The van der Waals surface area contributed by atoms with Crippen LogP contribution in [0.5, 0.6) is 0 Å². The standard InChI is InChI=1S/C13H20N2/c1-10-5-4-6-13(12(10)3)15-8-7-14-9-11(15)2/h4-6,11,14H,7-9H2,1-3H3. The van der Waals surface area contributed by atoms with Crippen LogP contribution in [0, 0.1) is 13.8 Å². The minimum atomic E-state index is 0.597. The van der Waals surface area contributed by atoms with Gasteiger partial charge in [-0.15, -0.1) is 0 Å². The lowest BCUT2D eigenvalue weighted by Gasteiger charge is -2.37. The average molecular weight is 204 g/mol. The maximum atomic E-state index is 3.43. The lowest BCUT2D eigenvalue weighted by Crippen LogP contribution is -2.50. The predicted molar refractivity (Wildman–Crippen MR) is 65.6 cm³/mol. The zero-order valence-corrected chi connectivity index (χ0v) is 9.88. The van der Waals surface area contributed by atoms with E-state index in [4.69, 9.17) is 0 Å². The first-order valence-electron chi connectivity index (χ1n) is 5.73. The van der Waals surface area contributed by atoms with E-state index in [1.807, 2.05) is 0 Å². The summed E-state index contributed by atoms with van der Waals surface area (Å²) in [5.74, 6) is 0. The zero-order chi connectivity index (χ0) is 10.8. The van der Waals surface area contributed by atoms with Gasteiger partial charge < -0.3 is 10.2 Å². The highest BCUT2D eigenvalue weighted by molar-refractivity contribution is 5.56. The van der Waals surface area contributed by atoms with Gasteiger partial charge in [-0.1, -0.05) is 12.1 Å². The molecular formula is C13H20N2. The van der Waals surface area contributed by atoms with Crippen LogP contribution in [-0.4, -0.2) is 25.7 Å². The van der Waals surface area contributed by atoms with Crippen LogP contribution in [0.3, 0.4) is 0 Å². The van der Waals surface area contributed by atoms with Gasteiger partial charge in [0.1, 0.15) is 0 Å². The Hall–Kier alpha value is -1.02.